The molecule has 0 saturated heterocycles. The van der Waals surface area contributed by atoms with Crippen LogP contribution in [0.25, 0.3) is 0 Å². The number of nitrogens with zero attached hydrogens (tertiary/aromatic N) is 2. The molecular weight excluding hydrogens is 345 g/mol. The Balaban J connectivity index is 3.36. The van der Waals surface area contributed by atoms with E-state index in [1.54, 1.807) is 13.8 Å². The molecule has 5 nitrogen and oxygen atoms in total. The quantitative estimate of drug-likeness (QED) is 0.900. The average molecular weight is 357 g/mol. The van der Waals surface area contributed by atoms with Gasteiger partial charge in [-0.25, -0.2) is 9.59 Å². The Bertz CT molecular complexity index is 569. The number of hydrogen-bond acceptors (Lipinski definition) is 3. The standard InChI is InChI=1S/C11H12BrF3N2O3/c1-5(2)3-7(9(18)19)17-4-6(12)8(11(13,14)15)16-10(17)20/h4-5,7H,3H2,1-2H3,(H,18,19). The third-order valence-corrected chi connectivity index (χ3v) is 3.07. The van der Waals surface area contributed by atoms with E-state index >= 15 is 0 Å². The van der Waals surface area contributed by atoms with Crippen LogP contribution in [0, 0.1) is 5.92 Å². The molecule has 0 aliphatic carbocycles. The van der Waals surface area contributed by atoms with E-state index in [0.717, 1.165) is 6.20 Å². The largest absolute Gasteiger partial charge is 0.480 e. The highest BCUT2D eigenvalue weighted by molar-refractivity contribution is 9.10. The summed E-state index contributed by atoms with van der Waals surface area (Å²) in [6.07, 6.45) is -3.86. The van der Waals surface area contributed by atoms with Gasteiger partial charge in [-0.15, -0.1) is 0 Å². The van der Waals surface area contributed by atoms with Crippen LogP contribution in [0.15, 0.2) is 15.5 Å². The van der Waals surface area contributed by atoms with Crippen LogP contribution in [0.1, 0.15) is 32.0 Å². The second-order valence-electron chi connectivity index (χ2n) is 4.61. The van der Waals surface area contributed by atoms with Gasteiger partial charge in [-0.2, -0.15) is 18.2 Å². The summed E-state index contributed by atoms with van der Waals surface area (Å²) in [6.45, 7) is 3.49. The molecule has 1 N–H and O–H groups in total. The van der Waals surface area contributed by atoms with Crippen molar-refractivity contribution >= 4 is 21.9 Å². The molecule has 0 aromatic carbocycles. The van der Waals surface area contributed by atoms with Crippen LogP contribution >= 0.6 is 15.9 Å². The van der Waals surface area contributed by atoms with E-state index in [2.05, 4.69) is 20.9 Å². The minimum Gasteiger partial charge on any atom is -0.480 e. The van der Waals surface area contributed by atoms with Crippen LogP contribution in [0.3, 0.4) is 0 Å². The van der Waals surface area contributed by atoms with Gasteiger partial charge < -0.3 is 5.11 Å². The number of halogens is 4. The summed E-state index contributed by atoms with van der Waals surface area (Å²) < 4.78 is 37.9. The lowest BCUT2D eigenvalue weighted by Gasteiger charge is -2.18. The van der Waals surface area contributed by atoms with Crippen molar-refractivity contribution in [1.29, 1.82) is 0 Å². The van der Waals surface area contributed by atoms with Gasteiger partial charge in [0.1, 0.15) is 6.04 Å². The summed E-state index contributed by atoms with van der Waals surface area (Å²) in [5, 5.41) is 9.10. The van der Waals surface area contributed by atoms with E-state index in [-0.39, 0.29) is 12.3 Å². The van der Waals surface area contributed by atoms with Gasteiger partial charge in [0.05, 0.1) is 4.47 Å². The molecule has 0 spiro atoms. The summed E-state index contributed by atoms with van der Waals surface area (Å²) in [5.74, 6) is -1.35. The van der Waals surface area contributed by atoms with E-state index in [4.69, 9.17) is 5.11 Å². The number of hydrogen-bond donors (Lipinski definition) is 1. The Kier molecular flexibility index (Phi) is 4.95. The molecule has 1 aromatic heterocycles. The number of carboxylic acids is 1. The second-order valence-corrected chi connectivity index (χ2v) is 5.46. The molecule has 1 aromatic rings. The van der Waals surface area contributed by atoms with Crippen LogP contribution in [0.2, 0.25) is 0 Å². The third-order valence-electron chi connectivity index (χ3n) is 2.49. The Morgan fingerprint density at radius 3 is 2.45 bits per heavy atom. The first-order chi connectivity index (χ1) is 9.04. The van der Waals surface area contributed by atoms with Gasteiger partial charge in [-0.05, 0) is 28.3 Å². The number of aliphatic carboxylic acids is 1. The van der Waals surface area contributed by atoms with Crippen molar-refractivity contribution in [3.8, 4) is 0 Å². The van der Waals surface area contributed by atoms with Gasteiger partial charge in [0.15, 0.2) is 5.69 Å². The van der Waals surface area contributed by atoms with Gasteiger partial charge in [0.2, 0.25) is 0 Å². The van der Waals surface area contributed by atoms with Gasteiger partial charge in [-0.1, -0.05) is 13.8 Å². The highest BCUT2D eigenvalue weighted by atomic mass is 79.9. The van der Waals surface area contributed by atoms with E-state index in [1.165, 1.54) is 0 Å². The van der Waals surface area contributed by atoms with Crippen molar-refractivity contribution < 1.29 is 23.1 Å². The summed E-state index contributed by atoms with van der Waals surface area (Å²) >= 11 is 2.67. The van der Waals surface area contributed by atoms with Crippen LogP contribution in [0.4, 0.5) is 13.2 Å². The minimum atomic E-state index is -4.78. The van der Waals surface area contributed by atoms with Crippen molar-refractivity contribution in [3.05, 3.63) is 26.8 Å². The highest BCUT2D eigenvalue weighted by Gasteiger charge is 2.36. The normalized spacial score (nSPS) is 13.6. The van der Waals surface area contributed by atoms with Gasteiger partial charge in [-0.3, -0.25) is 4.57 Å². The lowest BCUT2D eigenvalue weighted by Crippen LogP contribution is -2.34. The molecule has 1 heterocycles. The molecule has 1 rings (SSSR count). The highest BCUT2D eigenvalue weighted by Crippen LogP contribution is 2.32. The predicted molar refractivity (Wildman–Crippen MR) is 67.3 cm³/mol. The van der Waals surface area contributed by atoms with E-state index in [1.807, 2.05) is 0 Å². The molecule has 0 aliphatic rings. The van der Waals surface area contributed by atoms with E-state index in [9.17, 15) is 22.8 Å². The summed E-state index contributed by atoms with van der Waals surface area (Å²) in [6, 6.07) is -1.26. The van der Waals surface area contributed by atoms with Gasteiger partial charge in [0.25, 0.3) is 0 Å². The first-order valence-corrected chi connectivity index (χ1v) is 6.42. The topological polar surface area (TPSA) is 72.2 Å². The Labute approximate surface area is 120 Å². The fourth-order valence-corrected chi connectivity index (χ4v) is 2.18. The van der Waals surface area contributed by atoms with Crippen molar-refractivity contribution in [3.63, 3.8) is 0 Å². The van der Waals surface area contributed by atoms with Crippen LogP contribution < -0.4 is 5.69 Å². The van der Waals surface area contributed by atoms with Crippen molar-refractivity contribution in [2.24, 2.45) is 5.92 Å². The molecule has 9 heteroatoms. The summed E-state index contributed by atoms with van der Waals surface area (Å²) in [4.78, 5) is 25.7. The number of alkyl halides is 3. The van der Waals surface area contributed by atoms with Gasteiger partial charge >= 0.3 is 17.8 Å². The fourth-order valence-electron chi connectivity index (χ4n) is 1.65. The first kappa shape index (κ1) is 16.7. The molecule has 0 saturated carbocycles. The minimum absolute atomic E-state index is 0.0518. The number of carboxylic acid groups (broad SMARTS) is 1. The lowest BCUT2D eigenvalue weighted by atomic mass is 10.0. The molecule has 1 unspecified atom stereocenters. The summed E-state index contributed by atoms with van der Waals surface area (Å²) in [5.41, 5.74) is -2.61. The number of rotatable bonds is 4. The molecule has 0 bridgehead atoms. The lowest BCUT2D eigenvalue weighted by molar-refractivity contribution is -0.142. The molecule has 0 aliphatic heterocycles. The smallest absolute Gasteiger partial charge is 0.434 e. The Morgan fingerprint density at radius 1 is 1.50 bits per heavy atom. The zero-order valence-corrected chi connectivity index (χ0v) is 12.2. The molecule has 0 amide bonds. The van der Waals surface area contributed by atoms with Crippen LogP contribution in [0.5, 0.6) is 0 Å². The fraction of sp³-hybridized carbons (Fsp3) is 0.545. The SMILES string of the molecule is CC(C)CC(C(=O)O)n1cc(Br)c(C(F)(F)F)nc1=O. The third kappa shape index (κ3) is 3.81. The van der Waals surface area contributed by atoms with E-state index in [0.29, 0.717) is 4.57 Å². The average Bonchev–Trinajstić information content (AvgIpc) is 2.26. The van der Waals surface area contributed by atoms with Crippen molar-refractivity contribution in [2.75, 3.05) is 0 Å². The predicted octanol–water partition coefficient (Wildman–Crippen LogP) is 2.70. The molecule has 0 radical (unpaired) electrons. The molecule has 112 valence electrons. The maximum absolute atomic E-state index is 12.6. The Morgan fingerprint density at radius 2 is 2.05 bits per heavy atom. The number of carbonyl (C=O) groups is 1. The monoisotopic (exact) mass is 356 g/mol. The van der Waals surface area contributed by atoms with Crippen molar-refractivity contribution in [1.82, 2.24) is 9.55 Å². The van der Waals surface area contributed by atoms with Crippen LogP contribution in [-0.4, -0.2) is 20.6 Å². The second kappa shape index (κ2) is 5.94. The van der Waals surface area contributed by atoms with E-state index < -0.39 is 34.0 Å². The maximum atomic E-state index is 12.6. The molecule has 1 atom stereocenters. The molecular formula is C11H12BrF3N2O3. The first-order valence-electron chi connectivity index (χ1n) is 5.62. The zero-order valence-electron chi connectivity index (χ0n) is 10.6. The molecule has 0 fully saturated rings. The van der Waals surface area contributed by atoms with Crippen molar-refractivity contribution in [2.45, 2.75) is 32.5 Å². The van der Waals surface area contributed by atoms with Gasteiger partial charge in [0, 0.05) is 6.20 Å². The Hall–Kier alpha value is -1.38. The van der Waals surface area contributed by atoms with Crippen LogP contribution in [-0.2, 0) is 11.0 Å². The maximum Gasteiger partial charge on any atom is 0.434 e. The molecule has 20 heavy (non-hydrogen) atoms. The number of aromatic nitrogens is 2. The zero-order chi connectivity index (χ0) is 15.7. The summed E-state index contributed by atoms with van der Waals surface area (Å²) in [7, 11) is 0.